The molecule has 1 fully saturated rings. The maximum absolute atomic E-state index is 12.6. The Hall–Kier alpha value is -2.21. The van der Waals surface area contributed by atoms with Crippen molar-refractivity contribution in [2.24, 2.45) is 11.7 Å². The van der Waals surface area contributed by atoms with E-state index in [9.17, 15) is 9.59 Å². The monoisotopic (exact) mass is 331 g/mol. The molecule has 1 aromatic carbocycles. The van der Waals surface area contributed by atoms with Gasteiger partial charge in [0.05, 0.1) is 11.9 Å². The minimum absolute atomic E-state index is 0.0674. The summed E-state index contributed by atoms with van der Waals surface area (Å²) < 4.78 is 5.36. The smallest absolute Gasteiger partial charge is 0.316 e. The zero-order chi connectivity index (χ0) is 17.4. The quantitative estimate of drug-likeness (QED) is 0.277. The van der Waals surface area contributed by atoms with Gasteiger partial charge in [-0.25, -0.2) is 0 Å². The molecule has 24 heavy (non-hydrogen) atoms. The Morgan fingerprint density at radius 2 is 2.08 bits per heavy atom. The Balaban J connectivity index is 1.95. The zero-order valence-electron chi connectivity index (χ0n) is 13.8. The van der Waals surface area contributed by atoms with Crippen LogP contribution in [-0.2, 0) is 20.9 Å². The molecule has 0 aromatic heterocycles. The standard InChI is InChI=1S/C18H25N3O3/c19-16(20)10-4-8-14(17(22)15-9-5-11-21-15)18(23)24-12-13-6-2-1-3-7-13/h1-3,6-7,14-15,21H,4-5,8-12H2,(H3,19,20)/t14?,15-/m1/s1. The second-order valence-corrected chi connectivity index (χ2v) is 6.11. The van der Waals surface area contributed by atoms with E-state index in [0.717, 1.165) is 24.9 Å². The normalized spacial score (nSPS) is 18.1. The number of hydrogen-bond acceptors (Lipinski definition) is 5. The number of benzene rings is 1. The van der Waals surface area contributed by atoms with E-state index in [1.165, 1.54) is 0 Å². The van der Waals surface area contributed by atoms with E-state index in [1.54, 1.807) is 0 Å². The molecule has 130 valence electrons. The number of rotatable bonds is 9. The van der Waals surface area contributed by atoms with Crippen molar-refractivity contribution in [2.75, 3.05) is 6.54 Å². The van der Waals surface area contributed by atoms with Gasteiger partial charge >= 0.3 is 5.97 Å². The van der Waals surface area contributed by atoms with Crippen LogP contribution in [-0.4, -0.2) is 30.2 Å². The highest BCUT2D eigenvalue weighted by Gasteiger charge is 2.34. The molecule has 1 aliphatic heterocycles. The van der Waals surface area contributed by atoms with E-state index < -0.39 is 11.9 Å². The Morgan fingerprint density at radius 1 is 1.33 bits per heavy atom. The second kappa shape index (κ2) is 9.17. The van der Waals surface area contributed by atoms with E-state index in [1.807, 2.05) is 30.3 Å². The highest BCUT2D eigenvalue weighted by Crippen LogP contribution is 2.19. The Bertz CT molecular complexity index is 568. The maximum atomic E-state index is 12.6. The van der Waals surface area contributed by atoms with E-state index >= 15 is 0 Å². The van der Waals surface area contributed by atoms with Gasteiger partial charge in [-0.05, 0) is 37.8 Å². The fourth-order valence-corrected chi connectivity index (χ4v) is 2.87. The van der Waals surface area contributed by atoms with E-state index in [-0.39, 0.29) is 24.3 Å². The summed E-state index contributed by atoms with van der Waals surface area (Å²) in [5, 5.41) is 10.4. The third kappa shape index (κ3) is 5.45. The van der Waals surface area contributed by atoms with E-state index in [4.69, 9.17) is 15.9 Å². The van der Waals surface area contributed by atoms with Crippen LogP contribution in [0.5, 0.6) is 0 Å². The first-order valence-electron chi connectivity index (χ1n) is 8.38. The number of ether oxygens (including phenoxy) is 1. The third-order valence-corrected chi connectivity index (χ3v) is 4.19. The summed E-state index contributed by atoms with van der Waals surface area (Å²) >= 11 is 0. The molecule has 6 heteroatoms. The lowest BCUT2D eigenvalue weighted by atomic mass is 9.92. The maximum Gasteiger partial charge on any atom is 0.316 e. The summed E-state index contributed by atoms with van der Waals surface area (Å²) in [5.41, 5.74) is 6.25. The Labute approximate surface area is 142 Å². The average molecular weight is 331 g/mol. The fraction of sp³-hybridized carbons (Fsp3) is 0.500. The van der Waals surface area contributed by atoms with Crippen molar-refractivity contribution < 1.29 is 14.3 Å². The summed E-state index contributed by atoms with van der Waals surface area (Å²) in [6.07, 6.45) is 2.97. The summed E-state index contributed by atoms with van der Waals surface area (Å²) in [6.45, 7) is 0.962. The van der Waals surface area contributed by atoms with Crippen LogP contribution in [0.4, 0.5) is 0 Å². The van der Waals surface area contributed by atoms with Crippen LogP contribution in [0.15, 0.2) is 30.3 Å². The molecule has 0 radical (unpaired) electrons. The van der Waals surface area contributed by atoms with Crippen LogP contribution in [0.1, 0.15) is 37.7 Å². The van der Waals surface area contributed by atoms with Crippen LogP contribution < -0.4 is 11.1 Å². The molecule has 6 nitrogen and oxygen atoms in total. The SMILES string of the molecule is N=C(N)CCCC(C(=O)OCc1ccccc1)C(=O)[C@H]1CCCN1. The summed E-state index contributed by atoms with van der Waals surface area (Å²) in [6, 6.07) is 9.13. The largest absolute Gasteiger partial charge is 0.460 e. The van der Waals surface area contributed by atoms with Gasteiger partial charge in [-0.3, -0.25) is 15.0 Å². The van der Waals surface area contributed by atoms with Gasteiger partial charge in [-0.1, -0.05) is 30.3 Å². The first kappa shape index (κ1) is 18.1. The topological polar surface area (TPSA) is 105 Å². The van der Waals surface area contributed by atoms with Crippen LogP contribution in [0.25, 0.3) is 0 Å². The van der Waals surface area contributed by atoms with Crippen molar-refractivity contribution in [1.82, 2.24) is 5.32 Å². The molecule has 1 heterocycles. The van der Waals surface area contributed by atoms with Crippen molar-refractivity contribution in [3.05, 3.63) is 35.9 Å². The molecular formula is C18H25N3O3. The minimum atomic E-state index is -0.788. The summed E-state index contributed by atoms with van der Waals surface area (Å²) in [7, 11) is 0. The molecule has 0 bridgehead atoms. The predicted molar refractivity (Wildman–Crippen MR) is 91.5 cm³/mol. The van der Waals surface area contributed by atoms with Gasteiger partial charge in [0.25, 0.3) is 0 Å². The van der Waals surface area contributed by atoms with Crippen LogP contribution in [0.3, 0.4) is 0 Å². The number of esters is 1. The van der Waals surface area contributed by atoms with Crippen LogP contribution in [0, 0.1) is 11.3 Å². The first-order valence-corrected chi connectivity index (χ1v) is 8.38. The summed E-state index contributed by atoms with van der Waals surface area (Å²) in [5.74, 6) is -1.31. The van der Waals surface area contributed by atoms with Crippen molar-refractivity contribution >= 4 is 17.6 Å². The number of hydrogen-bond donors (Lipinski definition) is 3. The van der Waals surface area contributed by atoms with Gasteiger partial charge in [0.1, 0.15) is 12.5 Å². The highest BCUT2D eigenvalue weighted by atomic mass is 16.5. The van der Waals surface area contributed by atoms with Gasteiger partial charge in [0.2, 0.25) is 0 Å². The minimum Gasteiger partial charge on any atom is -0.460 e. The van der Waals surface area contributed by atoms with Gasteiger partial charge in [-0.2, -0.15) is 0 Å². The number of carbonyl (C=O) groups is 2. The zero-order valence-corrected chi connectivity index (χ0v) is 13.8. The number of amidine groups is 1. The first-order chi connectivity index (χ1) is 11.6. The molecule has 1 aromatic rings. The summed E-state index contributed by atoms with van der Waals surface area (Å²) in [4.78, 5) is 25.1. The molecule has 1 saturated heterocycles. The molecule has 0 spiro atoms. The number of Topliss-reactive ketones (excluding diaryl/α,β-unsaturated/α-hetero) is 1. The lowest BCUT2D eigenvalue weighted by Crippen LogP contribution is -2.39. The third-order valence-electron chi connectivity index (χ3n) is 4.19. The molecule has 0 aliphatic carbocycles. The number of nitrogens with two attached hydrogens (primary N) is 1. The predicted octanol–water partition coefficient (Wildman–Crippen LogP) is 1.77. The number of nitrogens with one attached hydrogen (secondary N) is 2. The molecule has 2 atom stereocenters. The highest BCUT2D eigenvalue weighted by molar-refractivity contribution is 6.01. The van der Waals surface area contributed by atoms with Gasteiger partial charge in [0.15, 0.2) is 5.78 Å². The van der Waals surface area contributed by atoms with Crippen LogP contribution in [0.2, 0.25) is 0 Å². The lowest BCUT2D eigenvalue weighted by molar-refractivity contribution is -0.154. The second-order valence-electron chi connectivity index (χ2n) is 6.11. The fourth-order valence-electron chi connectivity index (χ4n) is 2.87. The van der Waals surface area contributed by atoms with E-state index in [0.29, 0.717) is 19.3 Å². The molecule has 0 amide bonds. The molecular weight excluding hydrogens is 306 g/mol. The molecule has 4 N–H and O–H groups in total. The average Bonchev–Trinajstić information content (AvgIpc) is 3.11. The molecule has 0 saturated carbocycles. The number of ketones is 1. The Kier molecular flexibility index (Phi) is 6.93. The van der Waals surface area contributed by atoms with Crippen molar-refractivity contribution in [2.45, 2.75) is 44.8 Å². The lowest BCUT2D eigenvalue weighted by Gasteiger charge is -2.18. The van der Waals surface area contributed by atoms with Crippen molar-refractivity contribution in [3.8, 4) is 0 Å². The van der Waals surface area contributed by atoms with E-state index in [2.05, 4.69) is 5.32 Å². The van der Waals surface area contributed by atoms with Gasteiger partial charge in [-0.15, -0.1) is 0 Å². The molecule has 2 rings (SSSR count). The van der Waals surface area contributed by atoms with Gasteiger partial charge < -0.3 is 15.8 Å². The number of carbonyl (C=O) groups excluding carboxylic acids is 2. The van der Waals surface area contributed by atoms with Crippen molar-refractivity contribution in [1.29, 1.82) is 5.41 Å². The van der Waals surface area contributed by atoms with Crippen LogP contribution >= 0.6 is 0 Å². The Morgan fingerprint density at radius 3 is 2.71 bits per heavy atom. The molecule has 1 unspecified atom stereocenters. The molecule has 1 aliphatic rings. The van der Waals surface area contributed by atoms with Gasteiger partial charge in [0, 0.05) is 6.42 Å². The van der Waals surface area contributed by atoms with Crippen molar-refractivity contribution in [3.63, 3.8) is 0 Å².